The number of aromatic nitrogens is 2. The Hall–Kier alpha value is -1.69. The number of carbonyl (C=O) groups is 1. The third-order valence-electron chi connectivity index (χ3n) is 4.17. The van der Waals surface area contributed by atoms with Crippen LogP contribution in [0, 0.1) is 0 Å². The van der Waals surface area contributed by atoms with Gasteiger partial charge in [0, 0.05) is 32.8 Å². The highest BCUT2D eigenvalue weighted by atomic mass is 16.5. The number of ether oxygens (including phenoxy) is 1. The van der Waals surface area contributed by atoms with Crippen molar-refractivity contribution in [2.24, 2.45) is 0 Å². The summed E-state index contributed by atoms with van der Waals surface area (Å²) in [6.07, 6.45) is 5.12. The molecule has 1 fully saturated rings. The first-order valence-corrected chi connectivity index (χ1v) is 7.57. The number of anilines is 1. The summed E-state index contributed by atoms with van der Waals surface area (Å²) >= 11 is 0. The molecule has 0 aliphatic carbocycles. The van der Waals surface area contributed by atoms with Crippen LogP contribution >= 0.6 is 0 Å². The molecule has 6 nitrogen and oxygen atoms in total. The molecule has 1 aromatic heterocycles. The molecular weight excluding hydrogens is 268 g/mol. The lowest BCUT2D eigenvalue weighted by Gasteiger charge is -2.33. The molecule has 1 unspecified atom stereocenters. The summed E-state index contributed by atoms with van der Waals surface area (Å²) in [5.74, 6) is 1.08. The SMILES string of the molecule is CN(C)c1ncnc2c1CCN(C(=O)C1CCCCO1)C2. The second kappa shape index (κ2) is 5.97. The van der Waals surface area contributed by atoms with Crippen LogP contribution in [0.4, 0.5) is 5.82 Å². The highest BCUT2D eigenvalue weighted by molar-refractivity contribution is 5.81. The van der Waals surface area contributed by atoms with Gasteiger partial charge in [0.15, 0.2) is 0 Å². The molecule has 3 rings (SSSR count). The van der Waals surface area contributed by atoms with Crippen LogP contribution in [0.15, 0.2) is 6.33 Å². The van der Waals surface area contributed by atoms with Crippen LogP contribution < -0.4 is 4.90 Å². The Bertz CT molecular complexity index is 526. The van der Waals surface area contributed by atoms with Crippen molar-refractivity contribution < 1.29 is 9.53 Å². The van der Waals surface area contributed by atoms with Gasteiger partial charge < -0.3 is 14.5 Å². The van der Waals surface area contributed by atoms with Crippen LogP contribution in [0.25, 0.3) is 0 Å². The lowest BCUT2D eigenvalue weighted by atomic mass is 10.0. The van der Waals surface area contributed by atoms with E-state index in [0.29, 0.717) is 13.2 Å². The standard InChI is InChI=1S/C15H22N4O2/c1-18(2)14-11-6-7-19(9-12(11)16-10-17-14)15(20)13-5-3-4-8-21-13/h10,13H,3-9H2,1-2H3. The largest absolute Gasteiger partial charge is 0.368 e. The first-order valence-electron chi connectivity index (χ1n) is 7.57. The Balaban J connectivity index is 1.75. The minimum Gasteiger partial charge on any atom is -0.368 e. The highest BCUT2D eigenvalue weighted by Gasteiger charge is 2.30. The third-order valence-corrected chi connectivity index (χ3v) is 4.17. The van der Waals surface area contributed by atoms with Gasteiger partial charge in [0.25, 0.3) is 5.91 Å². The molecule has 1 amide bonds. The number of carbonyl (C=O) groups excluding carboxylic acids is 1. The predicted molar refractivity (Wildman–Crippen MR) is 79.1 cm³/mol. The molecule has 21 heavy (non-hydrogen) atoms. The Morgan fingerprint density at radius 3 is 2.95 bits per heavy atom. The van der Waals surface area contributed by atoms with E-state index in [0.717, 1.165) is 49.3 Å². The summed E-state index contributed by atoms with van der Waals surface area (Å²) < 4.78 is 5.61. The Morgan fingerprint density at radius 2 is 2.24 bits per heavy atom. The van der Waals surface area contributed by atoms with Crippen LogP contribution in [-0.4, -0.2) is 54.1 Å². The van der Waals surface area contributed by atoms with E-state index in [9.17, 15) is 4.79 Å². The third kappa shape index (κ3) is 2.85. The topological polar surface area (TPSA) is 58.6 Å². The summed E-state index contributed by atoms with van der Waals surface area (Å²) in [4.78, 5) is 25.1. The lowest BCUT2D eigenvalue weighted by Crippen LogP contribution is -2.44. The summed E-state index contributed by atoms with van der Waals surface area (Å²) in [6, 6.07) is 0. The van der Waals surface area contributed by atoms with E-state index >= 15 is 0 Å². The van der Waals surface area contributed by atoms with Crippen LogP contribution in [0.2, 0.25) is 0 Å². The highest BCUT2D eigenvalue weighted by Crippen LogP contribution is 2.25. The van der Waals surface area contributed by atoms with E-state index < -0.39 is 0 Å². The van der Waals surface area contributed by atoms with Crippen LogP contribution in [0.5, 0.6) is 0 Å². The summed E-state index contributed by atoms with van der Waals surface area (Å²) in [5, 5.41) is 0. The van der Waals surface area contributed by atoms with Gasteiger partial charge in [0.2, 0.25) is 0 Å². The Morgan fingerprint density at radius 1 is 1.38 bits per heavy atom. The molecule has 0 aromatic carbocycles. The maximum Gasteiger partial charge on any atom is 0.252 e. The molecule has 1 aromatic rings. The zero-order chi connectivity index (χ0) is 14.8. The number of rotatable bonds is 2. The van der Waals surface area contributed by atoms with Gasteiger partial charge in [0.1, 0.15) is 18.2 Å². The van der Waals surface area contributed by atoms with Crippen LogP contribution in [0.1, 0.15) is 30.5 Å². The number of amides is 1. The van der Waals surface area contributed by atoms with Crippen molar-refractivity contribution in [2.45, 2.75) is 38.3 Å². The molecule has 2 aliphatic heterocycles. The van der Waals surface area contributed by atoms with Crippen molar-refractivity contribution in [1.82, 2.24) is 14.9 Å². The molecule has 0 spiro atoms. The van der Waals surface area contributed by atoms with E-state index in [1.165, 1.54) is 0 Å². The van der Waals surface area contributed by atoms with Gasteiger partial charge in [-0.15, -0.1) is 0 Å². The molecule has 0 saturated carbocycles. The van der Waals surface area contributed by atoms with Crippen molar-refractivity contribution in [3.05, 3.63) is 17.6 Å². The average Bonchev–Trinajstić information content (AvgIpc) is 2.53. The second-order valence-corrected chi connectivity index (χ2v) is 5.88. The van der Waals surface area contributed by atoms with Crippen molar-refractivity contribution in [3.63, 3.8) is 0 Å². The normalized spacial score (nSPS) is 21.8. The summed E-state index contributed by atoms with van der Waals surface area (Å²) in [7, 11) is 3.96. The smallest absolute Gasteiger partial charge is 0.252 e. The molecule has 6 heteroatoms. The maximum atomic E-state index is 12.5. The van der Waals surface area contributed by atoms with E-state index in [1.54, 1.807) is 6.33 Å². The molecule has 0 N–H and O–H groups in total. The van der Waals surface area contributed by atoms with E-state index in [2.05, 4.69) is 9.97 Å². The number of hydrogen-bond donors (Lipinski definition) is 0. The second-order valence-electron chi connectivity index (χ2n) is 5.88. The molecular formula is C15H22N4O2. The number of nitrogens with zero attached hydrogens (tertiary/aromatic N) is 4. The number of hydrogen-bond acceptors (Lipinski definition) is 5. The molecule has 1 atom stereocenters. The average molecular weight is 290 g/mol. The molecule has 0 bridgehead atoms. The van der Waals surface area contributed by atoms with Crippen molar-refractivity contribution in [2.75, 3.05) is 32.1 Å². The van der Waals surface area contributed by atoms with Gasteiger partial charge in [0.05, 0.1) is 12.2 Å². The molecule has 1 saturated heterocycles. The predicted octanol–water partition coefficient (Wildman–Crippen LogP) is 0.996. The van der Waals surface area contributed by atoms with Gasteiger partial charge >= 0.3 is 0 Å². The van der Waals surface area contributed by atoms with Crippen molar-refractivity contribution in [1.29, 1.82) is 0 Å². The van der Waals surface area contributed by atoms with E-state index in [4.69, 9.17) is 4.74 Å². The van der Waals surface area contributed by atoms with E-state index in [1.807, 2.05) is 23.9 Å². The molecule has 0 radical (unpaired) electrons. The minimum absolute atomic E-state index is 0.116. The van der Waals surface area contributed by atoms with Crippen LogP contribution in [0.3, 0.4) is 0 Å². The Labute approximate surface area is 125 Å². The van der Waals surface area contributed by atoms with Gasteiger partial charge in [-0.25, -0.2) is 9.97 Å². The molecule has 2 aliphatic rings. The zero-order valence-electron chi connectivity index (χ0n) is 12.7. The lowest BCUT2D eigenvalue weighted by molar-refractivity contribution is -0.147. The fourth-order valence-corrected chi connectivity index (χ4v) is 3.05. The quantitative estimate of drug-likeness (QED) is 0.813. The first-order chi connectivity index (χ1) is 10.2. The van der Waals surface area contributed by atoms with Gasteiger partial charge in [-0.1, -0.05) is 0 Å². The zero-order valence-corrected chi connectivity index (χ0v) is 12.7. The molecule has 114 valence electrons. The fourth-order valence-electron chi connectivity index (χ4n) is 3.05. The fraction of sp³-hybridized carbons (Fsp3) is 0.667. The number of fused-ring (bicyclic) bond motifs is 1. The van der Waals surface area contributed by atoms with Crippen molar-refractivity contribution in [3.8, 4) is 0 Å². The monoisotopic (exact) mass is 290 g/mol. The van der Waals surface area contributed by atoms with Gasteiger partial charge in [-0.3, -0.25) is 4.79 Å². The van der Waals surface area contributed by atoms with Gasteiger partial charge in [-0.05, 0) is 25.7 Å². The van der Waals surface area contributed by atoms with Gasteiger partial charge in [-0.2, -0.15) is 0 Å². The molecule has 3 heterocycles. The summed E-state index contributed by atoms with van der Waals surface area (Å²) in [5.41, 5.74) is 2.13. The minimum atomic E-state index is -0.254. The maximum absolute atomic E-state index is 12.5. The van der Waals surface area contributed by atoms with Crippen molar-refractivity contribution >= 4 is 11.7 Å². The summed E-state index contributed by atoms with van der Waals surface area (Å²) in [6.45, 7) is 1.99. The van der Waals surface area contributed by atoms with Crippen LogP contribution in [-0.2, 0) is 22.5 Å². The first kappa shape index (κ1) is 14.3. The Kier molecular flexibility index (Phi) is 4.05. The van der Waals surface area contributed by atoms with E-state index in [-0.39, 0.29) is 12.0 Å².